The highest BCUT2D eigenvalue weighted by molar-refractivity contribution is 5.94. The van der Waals surface area contributed by atoms with Crippen LogP contribution < -0.4 is 5.32 Å². The van der Waals surface area contributed by atoms with Crippen molar-refractivity contribution >= 4 is 11.8 Å². The number of aromatic nitrogens is 1. The van der Waals surface area contributed by atoms with Crippen molar-refractivity contribution in [1.82, 2.24) is 4.98 Å². The molecule has 4 nitrogen and oxygen atoms in total. The van der Waals surface area contributed by atoms with Crippen LogP contribution in [0.1, 0.15) is 43.0 Å². The van der Waals surface area contributed by atoms with Crippen LogP contribution in [0.5, 0.6) is 0 Å². The largest absolute Gasteiger partial charge is 0.465 e. The van der Waals surface area contributed by atoms with Gasteiger partial charge in [0.1, 0.15) is 11.4 Å². The molecule has 1 fully saturated rings. The predicted molar refractivity (Wildman–Crippen MR) is 70.6 cm³/mol. The van der Waals surface area contributed by atoms with Crippen molar-refractivity contribution in [1.29, 1.82) is 0 Å². The summed E-state index contributed by atoms with van der Waals surface area (Å²) in [5.41, 5.74) is 0.513. The van der Waals surface area contributed by atoms with Gasteiger partial charge in [0.05, 0.1) is 7.11 Å². The standard InChI is InChI=1S/C14H20N2O2/c1-10-5-7-11(8-6-10)16-13-12(14(17)18-2)4-3-9-15-13/h3-4,9-11H,5-8H2,1-2H3,(H,15,16). The summed E-state index contributed by atoms with van der Waals surface area (Å²) < 4.78 is 4.76. The average Bonchev–Trinajstić information content (AvgIpc) is 2.41. The molecule has 1 saturated carbocycles. The van der Waals surface area contributed by atoms with Crippen LogP contribution in [0.2, 0.25) is 0 Å². The Morgan fingerprint density at radius 1 is 1.39 bits per heavy atom. The van der Waals surface area contributed by atoms with Crippen molar-refractivity contribution < 1.29 is 9.53 Å². The molecule has 1 heterocycles. The maximum Gasteiger partial charge on any atom is 0.341 e. The number of ether oxygens (including phenoxy) is 1. The van der Waals surface area contributed by atoms with Gasteiger partial charge in [-0.25, -0.2) is 9.78 Å². The molecule has 2 rings (SSSR count). The van der Waals surface area contributed by atoms with Crippen LogP contribution in [0.4, 0.5) is 5.82 Å². The number of anilines is 1. The van der Waals surface area contributed by atoms with Crippen molar-refractivity contribution in [3.63, 3.8) is 0 Å². The van der Waals surface area contributed by atoms with E-state index in [0.29, 0.717) is 17.4 Å². The van der Waals surface area contributed by atoms with Gasteiger partial charge in [-0.1, -0.05) is 6.92 Å². The van der Waals surface area contributed by atoms with E-state index in [9.17, 15) is 4.79 Å². The highest BCUT2D eigenvalue weighted by Gasteiger charge is 2.20. The molecule has 1 aromatic heterocycles. The number of carbonyl (C=O) groups excluding carboxylic acids is 1. The van der Waals surface area contributed by atoms with Gasteiger partial charge < -0.3 is 10.1 Å². The lowest BCUT2D eigenvalue weighted by Gasteiger charge is -2.27. The van der Waals surface area contributed by atoms with Crippen LogP contribution >= 0.6 is 0 Å². The number of nitrogens with one attached hydrogen (secondary N) is 1. The molecule has 0 bridgehead atoms. The van der Waals surface area contributed by atoms with E-state index >= 15 is 0 Å². The lowest BCUT2D eigenvalue weighted by molar-refractivity contribution is 0.0601. The summed E-state index contributed by atoms with van der Waals surface area (Å²) in [4.78, 5) is 15.9. The fraction of sp³-hybridized carbons (Fsp3) is 0.571. The summed E-state index contributed by atoms with van der Waals surface area (Å²) in [5.74, 6) is 1.12. The normalized spacial score (nSPS) is 23.4. The van der Waals surface area contributed by atoms with E-state index in [1.165, 1.54) is 20.0 Å². The second-order valence-electron chi connectivity index (χ2n) is 4.99. The van der Waals surface area contributed by atoms with Gasteiger partial charge in [0.2, 0.25) is 0 Å². The first-order valence-corrected chi connectivity index (χ1v) is 6.50. The summed E-state index contributed by atoms with van der Waals surface area (Å²) in [6, 6.07) is 3.91. The Morgan fingerprint density at radius 3 is 2.78 bits per heavy atom. The number of pyridine rings is 1. The van der Waals surface area contributed by atoms with Gasteiger partial charge in [0, 0.05) is 12.2 Å². The fourth-order valence-corrected chi connectivity index (χ4v) is 2.39. The second-order valence-corrected chi connectivity index (χ2v) is 4.99. The number of rotatable bonds is 3. The van der Waals surface area contributed by atoms with Crippen molar-refractivity contribution in [2.45, 2.75) is 38.6 Å². The molecule has 0 spiro atoms. The Morgan fingerprint density at radius 2 is 2.11 bits per heavy atom. The van der Waals surface area contributed by atoms with Gasteiger partial charge in [-0.05, 0) is 43.7 Å². The van der Waals surface area contributed by atoms with Crippen molar-refractivity contribution in [2.24, 2.45) is 5.92 Å². The van der Waals surface area contributed by atoms with Crippen molar-refractivity contribution in [3.05, 3.63) is 23.9 Å². The van der Waals surface area contributed by atoms with Gasteiger partial charge in [-0.3, -0.25) is 0 Å². The molecule has 0 atom stereocenters. The number of methoxy groups -OCH3 is 1. The monoisotopic (exact) mass is 248 g/mol. The Hall–Kier alpha value is -1.58. The second kappa shape index (κ2) is 5.85. The smallest absolute Gasteiger partial charge is 0.341 e. The molecular formula is C14H20N2O2. The number of esters is 1. The molecule has 98 valence electrons. The predicted octanol–water partition coefficient (Wildman–Crippen LogP) is 2.86. The molecule has 0 aliphatic heterocycles. The van der Waals surface area contributed by atoms with Crippen molar-refractivity contribution in [2.75, 3.05) is 12.4 Å². The molecule has 1 N–H and O–H groups in total. The topological polar surface area (TPSA) is 51.2 Å². The number of carbonyl (C=O) groups is 1. The number of nitrogens with zero attached hydrogens (tertiary/aromatic N) is 1. The van der Waals surface area contributed by atoms with Gasteiger partial charge in [-0.15, -0.1) is 0 Å². The molecule has 0 aromatic carbocycles. The highest BCUT2D eigenvalue weighted by Crippen LogP contribution is 2.26. The lowest BCUT2D eigenvalue weighted by atomic mass is 9.87. The van der Waals surface area contributed by atoms with Crippen LogP contribution in [-0.2, 0) is 4.74 Å². The first-order valence-electron chi connectivity index (χ1n) is 6.50. The molecule has 4 heteroatoms. The molecule has 1 aromatic rings. The van der Waals surface area contributed by atoms with E-state index in [0.717, 1.165) is 18.8 Å². The summed E-state index contributed by atoms with van der Waals surface area (Å²) in [6.45, 7) is 2.29. The van der Waals surface area contributed by atoms with E-state index in [2.05, 4.69) is 17.2 Å². The molecule has 18 heavy (non-hydrogen) atoms. The van der Waals surface area contributed by atoms with E-state index in [4.69, 9.17) is 4.74 Å². The summed E-state index contributed by atoms with van der Waals surface area (Å²) in [7, 11) is 1.39. The molecule has 0 unspecified atom stereocenters. The summed E-state index contributed by atoms with van der Waals surface area (Å²) in [5, 5.41) is 3.37. The van der Waals surface area contributed by atoms with Gasteiger partial charge in [-0.2, -0.15) is 0 Å². The molecule has 1 aliphatic rings. The Labute approximate surface area is 108 Å². The van der Waals surface area contributed by atoms with Crippen LogP contribution in [0, 0.1) is 5.92 Å². The molecule has 0 amide bonds. The van der Waals surface area contributed by atoms with Gasteiger partial charge in [0.15, 0.2) is 0 Å². The highest BCUT2D eigenvalue weighted by atomic mass is 16.5. The maximum absolute atomic E-state index is 11.6. The SMILES string of the molecule is COC(=O)c1cccnc1NC1CCC(C)CC1. The third-order valence-electron chi connectivity index (χ3n) is 3.57. The van der Waals surface area contributed by atoms with Crippen molar-refractivity contribution in [3.8, 4) is 0 Å². The quantitative estimate of drug-likeness (QED) is 0.836. The average molecular weight is 248 g/mol. The van der Waals surface area contributed by atoms with Crippen LogP contribution in [-0.4, -0.2) is 24.1 Å². The third kappa shape index (κ3) is 3.00. The van der Waals surface area contributed by atoms with E-state index in [1.54, 1.807) is 18.3 Å². The zero-order valence-corrected chi connectivity index (χ0v) is 11.0. The Kier molecular flexibility index (Phi) is 4.18. The Bertz CT molecular complexity index is 412. The van der Waals surface area contributed by atoms with Crippen LogP contribution in [0.15, 0.2) is 18.3 Å². The minimum Gasteiger partial charge on any atom is -0.465 e. The molecule has 0 radical (unpaired) electrons. The first-order chi connectivity index (χ1) is 8.70. The molecule has 0 saturated heterocycles. The van der Waals surface area contributed by atoms with E-state index in [-0.39, 0.29) is 5.97 Å². The third-order valence-corrected chi connectivity index (χ3v) is 3.57. The van der Waals surface area contributed by atoms with Gasteiger partial charge in [0.25, 0.3) is 0 Å². The zero-order valence-electron chi connectivity index (χ0n) is 11.0. The maximum atomic E-state index is 11.6. The summed E-state index contributed by atoms with van der Waals surface area (Å²) >= 11 is 0. The first kappa shape index (κ1) is 12.9. The minimum atomic E-state index is -0.338. The fourth-order valence-electron chi connectivity index (χ4n) is 2.39. The lowest BCUT2D eigenvalue weighted by Crippen LogP contribution is -2.26. The van der Waals surface area contributed by atoms with Crippen LogP contribution in [0.25, 0.3) is 0 Å². The van der Waals surface area contributed by atoms with Crippen LogP contribution in [0.3, 0.4) is 0 Å². The molecular weight excluding hydrogens is 228 g/mol. The zero-order chi connectivity index (χ0) is 13.0. The minimum absolute atomic E-state index is 0.338. The van der Waals surface area contributed by atoms with E-state index in [1.807, 2.05) is 0 Å². The Balaban J connectivity index is 2.07. The number of hydrogen-bond donors (Lipinski definition) is 1. The molecule has 1 aliphatic carbocycles. The van der Waals surface area contributed by atoms with Gasteiger partial charge >= 0.3 is 5.97 Å². The number of hydrogen-bond acceptors (Lipinski definition) is 4. The summed E-state index contributed by atoms with van der Waals surface area (Å²) in [6.07, 6.45) is 6.44. The van der Waals surface area contributed by atoms with E-state index < -0.39 is 0 Å².